The number of carbonyl (C=O) groups excluding carboxylic acids is 2. The van der Waals surface area contributed by atoms with Crippen LogP contribution in [0.4, 0.5) is 4.79 Å². The first-order valence-corrected chi connectivity index (χ1v) is 5.12. The topological polar surface area (TPSA) is 55.8 Å². The normalized spacial score (nSPS) is 11.5. The standard InChI is InChI=1S/C11H19NO4/c1-6-15-11(14)12(5)7-9(4)16-10(13)8(2)3/h9H,2,6-7H2,1,3-5H3. The fraction of sp³-hybridized carbons (Fsp3) is 0.636. The molecule has 5 heteroatoms. The average molecular weight is 229 g/mol. The van der Waals surface area contributed by atoms with Gasteiger partial charge in [-0.25, -0.2) is 9.59 Å². The number of rotatable bonds is 5. The maximum atomic E-state index is 11.2. The van der Waals surface area contributed by atoms with Crippen molar-refractivity contribution < 1.29 is 19.1 Å². The van der Waals surface area contributed by atoms with Gasteiger partial charge in [0.05, 0.1) is 13.2 Å². The molecular weight excluding hydrogens is 210 g/mol. The second kappa shape index (κ2) is 6.87. The first-order chi connectivity index (χ1) is 7.38. The molecule has 0 aromatic heterocycles. The summed E-state index contributed by atoms with van der Waals surface area (Å²) in [4.78, 5) is 23.8. The number of carbonyl (C=O) groups is 2. The Morgan fingerprint density at radius 3 is 2.44 bits per heavy atom. The third-order valence-electron chi connectivity index (χ3n) is 1.77. The molecule has 0 N–H and O–H groups in total. The molecule has 92 valence electrons. The summed E-state index contributed by atoms with van der Waals surface area (Å²) < 4.78 is 9.81. The quantitative estimate of drug-likeness (QED) is 0.530. The lowest BCUT2D eigenvalue weighted by Crippen LogP contribution is -2.35. The lowest BCUT2D eigenvalue weighted by Gasteiger charge is -2.21. The average Bonchev–Trinajstić information content (AvgIpc) is 2.17. The van der Waals surface area contributed by atoms with Crippen LogP contribution in [0, 0.1) is 0 Å². The Hall–Kier alpha value is -1.52. The van der Waals surface area contributed by atoms with E-state index in [4.69, 9.17) is 9.47 Å². The fourth-order valence-corrected chi connectivity index (χ4v) is 1.01. The number of likely N-dealkylation sites (N-methyl/N-ethyl adjacent to an activating group) is 1. The molecule has 0 saturated carbocycles. The van der Waals surface area contributed by atoms with Gasteiger partial charge in [-0.05, 0) is 20.8 Å². The van der Waals surface area contributed by atoms with Gasteiger partial charge in [0.1, 0.15) is 6.10 Å². The predicted octanol–water partition coefficient (Wildman–Crippen LogP) is 1.58. The van der Waals surface area contributed by atoms with Crippen molar-refractivity contribution in [1.29, 1.82) is 0 Å². The van der Waals surface area contributed by atoms with Gasteiger partial charge in [-0.1, -0.05) is 6.58 Å². The molecule has 0 aromatic carbocycles. The Balaban J connectivity index is 4.04. The van der Waals surface area contributed by atoms with Gasteiger partial charge in [0.2, 0.25) is 0 Å². The van der Waals surface area contributed by atoms with E-state index in [2.05, 4.69) is 6.58 Å². The van der Waals surface area contributed by atoms with Crippen molar-refractivity contribution in [3.8, 4) is 0 Å². The molecule has 0 aliphatic carbocycles. The number of hydrogen-bond acceptors (Lipinski definition) is 4. The lowest BCUT2D eigenvalue weighted by molar-refractivity contribution is -0.143. The largest absolute Gasteiger partial charge is 0.457 e. The molecule has 1 amide bonds. The first kappa shape index (κ1) is 14.5. The maximum Gasteiger partial charge on any atom is 0.409 e. The van der Waals surface area contributed by atoms with E-state index >= 15 is 0 Å². The van der Waals surface area contributed by atoms with Gasteiger partial charge in [0.25, 0.3) is 0 Å². The SMILES string of the molecule is C=C(C)C(=O)OC(C)CN(C)C(=O)OCC. The van der Waals surface area contributed by atoms with E-state index in [1.54, 1.807) is 27.8 Å². The Morgan fingerprint density at radius 2 is 2.00 bits per heavy atom. The second-order valence-corrected chi connectivity index (χ2v) is 3.58. The van der Waals surface area contributed by atoms with Crippen LogP contribution in [-0.2, 0) is 14.3 Å². The molecule has 0 aliphatic heterocycles. The van der Waals surface area contributed by atoms with Crippen LogP contribution >= 0.6 is 0 Å². The first-order valence-electron chi connectivity index (χ1n) is 5.12. The molecule has 0 spiro atoms. The summed E-state index contributed by atoms with van der Waals surface area (Å²) in [5.41, 5.74) is 0.339. The Kier molecular flexibility index (Phi) is 6.22. The van der Waals surface area contributed by atoms with E-state index in [1.165, 1.54) is 4.90 Å². The minimum Gasteiger partial charge on any atom is -0.457 e. The van der Waals surface area contributed by atoms with Crippen molar-refractivity contribution >= 4 is 12.1 Å². The molecular formula is C11H19NO4. The highest BCUT2D eigenvalue weighted by molar-refractivity contribution is 5.87. The van der Waals surface area contributed by atoms with Crippen LogP contribution in [0.15, 0.2) is 12.2 Å². The molecule has 0 aliphatic rings. The summed E-state index contributed by atoms with van der Waals surface area (Å²) in [6.07, 6.45) is -0.820. The smallest absolute Gasteiger partial charge is 0.409 e. The summed E-state index contributed by atoms with van der Waals surface area (Å²) in [5, 5.41) is 0. The molecule has 0 bridgehead atoms. The highest BCUT2D eigenvalue weighted by Crippen LogP contribution is 2.01. The summed E-state index contributed by atoms with van der Waals surface area (Å²) in [5.74, 6) is -0.454. The fourth-order valence-electron chi connectivity index (χ4n) is 1.01. The summed E-state index contributed by atoms with van der Waals surface area (Å²) in [6.45, 7) is 9.09. The van der Waals surface area contributed by atoms with Crippen molar-refractivity contribution in [2.24, 2.45) is 0 Å². The molecule has 5 nitrogen and oxygen atoms in total. The molecule has 0 aromatic rings. The van der Waals surface area contributed by atoms with E-state index in [-0.39, 0.29) is 6.54 Å². The van der Waals surface area contributed by atoms with E-state index in [0.717, 1.165) is 0 Å². The Bertz CT molecular complexity index is 275. The van der Waals surface area contributed by atoms with Crippen LogP contribution in [-0.4, -0.2) is 43.3 Å². The molecule has 1 atom stereocenters. The van der Waals surface area contributed by atoms with Gasteiger partial charge in [-0.3, -0.25) is 0 Å². The monoisotopic (exact) mass is 229 g/mol. The number of amides is 1. The highest BCUT2D eigenvalue weighted by atomic mass is 16.6. The zero-order valence-electron chi connectivity index (χ0n) is 10.3. The minimum absolute atomic E-state index is 0.290. The van der Waals surface area contributed by atoms with Crippen LogP contribution in [0.25, 0.3) is 0 Å². The third-order valence-corrected chi connectivity index (χ3v) is 1.77. The zero-order valence-corrected chi connectivity index (χ0v) is 10.3. The van der Waals surface area contributed by atoms with Gasteiger partial charge in [-0.2, -0.15) is 0 Å². The van der Waals surface area contributed by atoms with Crippen LogP contribution in [0.1, 0.15) is 20.8 Å². The van der Waals surface area contributed by atoms with E-state index < -0.39 is 18.2 Å². The predicted molar refractivity (Wildman–Crippen MR) is 60.0 cm³/mol. The number of esters is 1. The van der Waals surface area contributed by atoms with Gasteiger partial charge in [0, 0.05) is 12.6 Å². The molecule has 0 fully saturated rings. The van der Waals surface area contributed by atoms with E-state index in [9.17, 15) is 9.59 Å². The summed E-state index contributed by atoms with van der Waals surface area (Å²) in [7, 11) is 1.59. The lowest BCUT2D eigenvalue weighted by atomic mass is 10.3. The number of hydrogen-bond donors (Lipinski definition) is 0. The van der Waals surface area contributed by atoms with Crippen molar-refractivity contribution in [3.05, 3.63) is 12.2 Å². The summed E-state index contributed by atoms with van der Waals surface area (Å²) >= 11 is 0. The van der Waals surface area contributed by atoms with Crippen molar-refractivity contribution in [2.45, 2.75) is 26.9 Å². The van der Waals surface area contributed by atoms with Gasteiger partial charge < -0.3 is 14.4 Å². The van der Waals surface area contributed by atoms with Crippen molar-refractivity contribution in [3.63, 3.8) is 0 Å². The molecule has 0 radical (unpaired) electrons. The van der Waals surface area contributed by atoms with E-state index in [0.29, 0.717) is 12.2 Å². The molecule has 1 unspecified atom stereocenters. The minimum atomic E-state index is -0.454. The number of ether oxygens (including phenoxy) is 2. The highest BCUT2D eigenvalue weighted by Gasteiger charge is 2.16. The maximum absolute atomic E-state index is 11.2. The Morgan fingerprint density at radius 1 is 1.44 bits per heavy atom. The summed E-state index contributed by atoms with van der Waals surface area (Å²) in [6, 6.07) is 0. The Labute approximate surface area is 96.0 Å². The second-order valence-electron chi connectivity index (χ2n) is 3.58. The molecule has 0 saturated heterocycles. The number of nitrogens with zero attached hydrogens (tertiary/aromatic N) is 1. The van der Waals surface area contributed by atoms with Crippen LogP contribution < -0.4 is 0 Å². The van der Waals surface area contributed by atoms with Crippen molar-refractivity contribution in [2.75, 3.05) is 20.2 Å². The van der Waals surface area contributed by atoms with Crippen molar-refractivity contribution in [1.82, 2.24) is 4.90 Å². The van der Waals surface area contributed by atoms with Gasteiger partial charge in [0.15, 0.2) is 0 Å². The molecule has 0 heterocycles. The van der Waals surface area contributed by atoms with E-state index in [1.807, 2.05) is 0 Å². The van der Waals surface area contributed by atoms with Gasteiger partial charge in [-0.15, -0.1) is 0 Å². The van der Waals surface area contributed by atoms with Gasteiger partial charge >= 0.3 is 12.1 Å². The molecule has 0 rings (SSSR count). The van der Waals surface area contributed by atoms with Crippen LogP contribution in [0.3, 0.4) is 0 Å². The third kappa shape index (κ3) is 5.38. The molecule has 16 heavy (non-hydrogen) atoms. The van der Waals surface area contributed by atoms with Crippen LogP contribution in [0.5, 0.6) is 0 Å². The van der Waals surface area contributed by atoms with Crippen LogP contribution in [0.2, 0.25) is 0 Å². The zero-order chi connectivity index (χ0) is 12.7.